The summed E-state index contributed by atoms with van der Waals surface area (Å²) in [5.74, 6) is 0.0570. The molecule has 1 unspecified atom stereocenters. The van der Waals surface area contributed by atoms with Crippen molar-refractivity contribution in [1.82, 2.24) is 14.7 Å². The van der Waals surface area contributed by atoms with Gasteiger partial charge in [0.1, 0.15) is 5.60 Å². The van der Waals surface area contributed by atoms with Gasteiger partial charge in [-0.2, -0.15) is 0 Å². The summed E-state index contributed by atoms with van der Waals surface area (Å²) < 4.78 is 6.58. The highest BCUT2D eigenvalue weighted by Crippen LogP contribution is 2.31. The lowest BCUT2D eigenvalue weighted by Crippen LogP contribution is -2.51. The van der Waals surface area contributed by atoms with Crippen LogP contribution in [-0.2, 0) is 4.74 Å². The fraction of sp³-hybridized carbons (Fsp3) is 0.481. The number of rotatable bonds is 6. The highest BCUT2D eigenvalue weighted by Gasteiger charge is 2.30. The molecule has 1 aliphatic heterocycles. The Morgan fingerprint density at radius 1 is 0.971 bits per heavy atom. The highest BCUT2D eigenvalue weighted by molar-refractivity contribution is 9.10. The van der Waals surface area contributed by atoms with Crippen LogP contribution in [0.1, 0.15) is 62.1 Å². The Kier molecular flexibility index (Phi) is 8.77. The standard InChI is InChI=1S/C27H36BrN3O3/c1-6-29(7-2)25(32)21-13-11-20(12-14-21)24(22-9-8-10-23(28)19-22)30-15-17-31(18-16-30)26(33)34-27(3,4)5/h8-14,19,24H,6-7,15-18H2,1-5H3. The maximum absolute atomic E-state index is 12.8. The van der Waals surface area contributed by atoms with Crippen LogP contribution in [0.3, 0.4) is 0 Å². The maximum Gasteiger partial charge on any atom is 0.410 e. The van der Waals surface area contributed by atoms with E-state index in [4.69, 9.17) is 4.74 Å². The Morgan fingerprint density at radius 2 is 1.59 bits per heavy atom. The molecule has 2 amide bonds. The predicted molar refractivity (Wildman–Crippen MR) is 139 cm³/mol. The molecule has 34 heavy (non-hydrogen) atoms. The van der Waals surface area contributed by atoms with Crippen LogP contribution >= 0.6 is 15.9 Å². The van der Waals surface area contributed by atoms with Crippen LogP contribution in [-0.4, -0.2) is 71.6 Å². The molecule has 0 bridgehead atoms. The smallest absolute Gasteiger partial charge is 0.410 e. The molecule has 1 atom stereocenters. The van der Waals surface area contributed by atoms with E-state index in [9.17, 15) is 9.59 Å². The molecule has 0 spiro atoms. The highest BCUT2D eigenvalue weighted by atomic mass is 79.9. The molecule has 1 fully saturated rings. The van der Waals surface area contributed by atoms with Crippen molar-refractivity contribution >= 4 is 27.9 Å². The van der Waals surface area contributed by atoms with Gasteiger partial charge >= 0.3 is 6.09 Å². The second kappa shape index (κ2) is 11.4. The quantitative estimate of drug-likeness (QED) is 0.490. The van der Waals surface area contributed by atoms with Crippen molar-refractivity contribution in [2.75, 3.05) is 39.3 Å². The Morgan fingerprint density at radius 3 is 2.12 bits per heavy atom. The fourth-order valence-corrected chi connectivity index (χ4v) is 4.70. The van der Waals surface area contributed by atoms with Crippen molar-refractivity contribution in [3.63, 3.8) is 0 Å². The van der Waals surface area contributed by atoms with Gasteiger partial charge in [-0.1, -0.05) is 40.2 Å². The Bertz CT molecular complexity index is 975. The number of amides is 2. The second-order valence-electron chi connectivity index (χ2n) is 9.56. The molecule has 2 aromatic rings. The van der Waals surface area contributed by atoms with E-state index in [-0.39, 0.29) is 18.0 Å². The molecule has 7 heteroatoms. The van der Waals surface area contributed by atoms with Crippen molar-refractivity contribution in [3.8, 4) is 0 Å². The first-order valence-electron chi connectivity index (χ1n) is 12.0. The van der Waals surface area contributed by atoms with Gasteiger partial charge in [0.15, 0.2) is 0 Å². The third-order valence-corrected chi connectivity index (χ3v) is 6.51. The monoisotopic (exact) mass is 529 g/mol. The summed E-state index contributed by atoms with van der Waals surface area (Å²) in [7, 11) is 0. The van der Waals surface area contributed by atoms with Gasteiger partial charge in [0, 0.05) is 49.3 Å². The van der Waals surface area contributed by atoms with Crippen LogP contribution in [0.15, 0.2) is 53.0 Å². The number of benzene rings is 2. The van der Waals surface area contributed by atoms with Crippen LogP contribution in [0.5, 0.6) is 0 Å². The summed E-state index contributed by atoms with van der Waals surface area (Å²) in [6, 6.07) is 16.3. The van der Waals surface area contributed by atoms with Crippen molar-refractivity contribution in [3.05, 3.63) is 69.7 Å². The minimum atomic E-state index is -0.503. The van der Waals surface area contributed by atoms with Crippen LogP contribution in [0, 0.1) is 0 Å². The van der Waals surface area contributed by atoms with E-state index in [2.05, 4.69) is 45.1 Å². The average Bonchev–Trinajstić information content (AvgIpc) is 2.80. The molecule has 0 aliphatic carbocycles. The van der Waals surface area contributed by atoms with E-state index < -0.39 is 5.60 Å². The van der Waals surface area contributed by atoms with Crippen LogP contribution in [0.25, 0.3) is 0 Å². The topological polar surface area (TPSA) is 53.1 Å². The Hall–Kier alpha value is -2.38. The maximum atomic E-state index is 12.8. The zero-order valence-corrected chi connectivity index (χ0v) is 22.5. The summed E-state index contributed by atoms with van der Waals surface area (Å²) >= 11 is 3.61. The summed E-state index contributed by atoms with van der Waals surface area (Å²) in [6.07, 6.45) is -0.259. The first-order chi connectivity index (χ1) is 16.1. The van der Waals surface area contributed by atoms with Gasteiger partial charge in [0.25, 0.3) is 5.91 Å². The molecule has 6 nitrogen and oxygen atoms in total. The van der Waals surface area contributed by atoms with E-state index in [1.165, 1.54) is 5.56 Å². The summed E-state index contributed by atoms with van der Waals surface area (Å²) in [4.78, 5) is 31.3. The lowest BCUT2D eigenvalue weighted by molar-refractivity contribution is 0.0119. The number of hydrogen-bond acceptors (Lipinski definition) is 4. The normalized spacial score (nSPS) is 15.6. The number of halogens is 1. The van der Waals surface area contributed by atoms with Crippen molar-refractivity contribution in [2.45, 2.75) is 46.3 Å². The van der Waals surface area contributed by atoms with Crippen LogP contribution in [0.2, 0.25) is 0 Å². The number of nitrogens with zero attached hydrogens (tertiary/aromatic N) is 3. The molecular formula is C27H36BrN3O3. The summed E-state index contributed by atoms with van der Waals surface area (Å²) in [6.45, 7) is 13.7. The van der Waals surface area contributed by atoms with Gasteiger partial charge in [0.2, 0.25) is 0 Å². The van der Waals surface area contributed by atoms with Gasteiger partial charge in [0.05, 0.1) is 6.04 Å². The zero-order valence-electron chi connectivity index (χ0n) is 20.9. The predicted octanol–water partition coefficient (Wildman–Crippen LogP) is 5.57. The average molecular weight is 531 g/mol. The van der Waals surface area contributed by atoms with E-state index in [0.29, 0.717) is 31.7 Å². The number of piperazine rings is 1. The SMILES string of the molecule is CCN(CC)C(=O)c1ccc(C(c2cccc(Br)c2)N2CCN(C(=O)OC(C)(C)C)CC2)cc1. The van der Waals surface area contributed by atoms with E-state index >= 15 is 0 Å². The van der Waals surface area contributed by atoms with Crippen molar-refractivity contribution < 1.29 is 14.3 Å². The number of carbonyl (C=O) groups is 2. The minimum Gasteiger partial charge on any atom is -0.444 e. The minimum absolute atomic E-state index is 0.0240. The van der Waals surface area contributed by atoms with Crippen molar-refractivity contribution in [1.29, 1.82) is 0 Å². The van der Waals surface area contributed by atoms with E-state index in [1.54, 1.807) is 4.90 Å². The molecule has 3 rings (SSSR count). The Labute approximate surface area is 212 Å². The van der Waals surface area contributed by atoms with Gasteiger partial charge in [-0.15, -0.1) is 0 Å². The molecule has 2 aromatic carbocycles. The number of hydrogen-bond donors (Lipinski definition) is 0. The van der Waals surface area contributed by atoms with Gasteiger partial charge in [-0.05, 0) is 70.0 Å². The lowest BCUT2D eigenvalue weighted by atomic mass is 9.95. The van der Waals surface area contributed by atoms with E-state index in [0.717, 1.165) is 23.1 Å². The third-order valence-electron chi connectivity index (χ3n) is 6.02. The van der Waals surface area contributed by atoms with Crippen LogP contribution < -0.4 is 0 Å². The zero-order chi connectivity index (χ0) is 24.9. The molecule has 1 heterocycles. The first kappa shape index (κ1) is 26.2. The number of ether oxygens (including phenoxy) is 1. The largest absolute Gasteiger partial charge is 0.444 e. The van der Waals surface area contributed by atoms with Crippen molar-refractivity contribution in [2.24, 2.45) is 0 Å². The second-order valence-corrected chi connectivity index (χ2v) is 10.5. The number of carbonyl (C=O) groups excluding carboxylic acids is 2. The molecular weight excluding hydrogens is 494 g/mol. The van der Waals surface area contributed by atoms with Gasteiger partial charge in [-0.25, -0.2) is 4.79 Å². The van der Waals surface area contributed by atoms with Gasteiger partial charge < -0.3 is 14.5 Å². The summed E-state index contributed by atoms with van der Waals surface area (Å²) in [5, 5.41) is 0. The van der Waals surface area contributed by atoms with E-state index in [1.807, 2.05) is 63.8 Å². The Balaban J connectivity index is 1.82. The fourth-order valence-electron chi connectivity index (χ4n) is 4.28. The molecule has 184 valence electrons. The molecule has 1 saturated heterocycles. The summed E-state index contributed by atoms with van der Waals surface area (Å²) in [5.41, 5.74) is 2.50. The molecule has 0 radical (unpaired) electrons. The molecule has 0 saturated carbocycles. The third kappa shape index (κ3) is 6.60. The lowest BCUT2D eigenvalue weighted by Gasteiger charge is -2.40. The molecule has 1 aliphatic rings. The van der Waals surface area contributed by atoms with Gasteiger partial charge in [-0.3, -0.25) is 9.69 Å². The molecule has 0 aromatic heterocycles. The first-order valence-corrected chi connectivity index (χ1v) is 12.8. The van der Waals surface area contributed by atoms with Crippen LogP contribution in [0.4, 0.5) is 4.79 Å². The molecule has 0 N–H and O–H groups in total.